The van der Waals surface area contributed by atoms with Gasteiger partial charge in [0.2, 0.25) is 0 Å². The predicted molar refractivity (Wildman–Crippen MR) is 105 cm³/mol. The number of halogens is 2. The van der Waals surface area contributed by atoms with Crippen LogP contribution in [0, 0.1) is 17.6 Å². The van der Waals surface area contributed by atoms with Crippen LogP contribution in [0.4, 0.5) is 8.78 Å². The number of rotatable bonds is 4. The molecule has 3 aromatic rings. The smallest absolute Gasteiger partial charge is 0.251 e. The summed E-state index contributed by atoms with van der Waals surface area (Å²) >= 11 is 0. The lowest BCUT2D eigenvalue weighted by Gasteiger charge is -2.29. The highest BCUT2D eigenvalue weighted by Gasteiger charge is 2.23. The second-order valence-corrected chi connectivity index (χ2v) is 7.51. The quantitative estimate of drug-likeness (QED) is 0.689. The molecule has 0 spiro atoms. The first-order chi connectivity index (χ1) is 13.6. The molecule has 0 atom stereocenters. The summed E-state index contributed by atoms with van der Waals surface area (Å²) in [5.41, 5.74) is 2.50. The number of carbonyl (C=O) groups excluding carboxylic acids is 1. The van der Waals surface area contributed by atoms with Gasteiger partial charge in [0.05, 0.1) is 5.52 Å². The number of carbonyl (C=O) groups is 1. The lowest BCUT2D eigenvalue weighted by Crippen LogP contribution is -2.38. The molecule has 1 aliphatic rings. The van der Waals surface area contributed by atoms with Crippen molar-refractivity contribution in [2.24, 2.45) is 5.92 Å². The first kappa shape index (κ1) is 18.5. The zero-order valence-electron chi connectivity index (χ0n) is 15.5. The van der Waals surface area contributed by atoms with Crippen LogP contribution in [0.1, 0.15) is 41.6 Å². The van der Waals surface area contributed by atoms with E-state index in [0.717, 1.165) is 49.8 Å². The Bertz CT molecular complexity index is 992. The number of para-hydroxylation sites is 1. The van der Waals surface area contributed by atoms with Gasteiger partial charge in [-0.05, 0) is 73.9 Å². The molecule has 2 aromatic carbocycles. The van der Waals surface area contributed by atoms with E-state index in [1.807, 2.05) is 24.4 Å². The Hall–Kier alpha value is -2.82. The minimum atomic E-state index is -0.999. The molecular weight excluding hydrogens is 358 g/mol. The van der Waals surface area contributed by atoms with Gasteiger partial charge in [-0.1, -0.05) is 18.2 Å². The predicted octanol–water partition coefficient (Wildman–Crippen LogP) is 5.04. The fourth-order valence-corrected chi connectivity index (χ4v) is 4.06. The van der Waals surface area contributed by atoms with Crippen LogP contribution in [-0.4, -0.2) is 16.9 Å². The molecule has 28 heavy (non-hydrogen) atoms. The van der Waals surface area contributed by atoms with Gasteiger partial charge < -0.3 is 5.32 Å². The van der Waals surface area contributed by atoms with Crippen LogP contribution in [0.3, 0.4) is 0 Å². The third-order valence-corrected chi connectivity index (χ3v) is 5.61. The molecule has 0 saturated heterocycles. The van der Waals surface area contributed by atoms with Crippen molar-refractivity contribution in [3.05, 3.63) is 77.5 Å². The number of pyridine rings is 1. The van der Waals surface area contributed by atoms with Crippen molar-refractivity contribution < 1.29 is 13.6 Å². The average molecular weight is 380 g/mol. The first-order valence-electron chi connectivity index (χ1n) is 9.68. The fourth-order valence-electron chi connectivity index (χ4n) is 4.06. The van der Waals surface area contributed by atoms with E-state index < -0.39 is 11.6 Å². The maximum Gasteiger partial charge on any atom is 0.251 e. The Kier molecular flexibility index (Phi) is 5.33. The summed E-state index contributed by atoms with van der Waals surface area (Å²) in [7, 11) is 0. The summed E-state index contributed by atoms with van der Waals surface area (Å²) in [6.45, 7) is 0. The number of hydrogen-bond donors (Lipinski definition) is 1. The first-order valence-corrected chi connectivity index (χ1v) is 9.68. The second kappa shape index (κ2) is 8.05. The van der Waals surface area contributed by atoms with E-state index in [2.05, 4.69) is 22.4 Å². The van der Waals surface area contributed by atoms with Crippen molar-refractivity contribution in [3.63, 3.8) is 0 Å². The molecule has 0 radical (unpaired) electrons. The Balaban J connectivity index is 1.34. The molecule has 3 nitrogen and oxygen atoms in total. The molecule has 1 amide bonds. The van der Waals surface area contributed by atoms with E-state index in [4.69, 9.17) is 0 Å². The van der Waals surface area contributed by atoms with Crippen molar-refractivity contribution in [1.29, 1.82) is 0 Å². The van der Waals surface area contributed by atoms with Crippen molar-refractivity contribution in [3.8, 4) is 0 Å². The van der Waals surface area contributed by atoms with Crippen LogP contribution < -0.4 is 5.32 Å². The third kappa shape index (κ3) is 4.03. The van der Waals surface area contributed by atoms with Crippen LogP contribution in [0.15, 0.2) is 54.7 Å². The molecular formula is C23H22F2N2O. The van der Waals surface area contributed by atoms with E-state index in [1.165, 1.54) is 17.0 Å². The normalized spacial score (nSPS) is 19.5. The minimum absolute atomic E-state index is 0.0750. The average Bonchev–Trinajstić information content (AvgIpc) is 2.72. The highest BCUT2D eigenvalue weighted by atomic mass is 19.2. The number of hydrogen-bond acceptors (Lipinski definition) is 2. The highest BCUT2D eigenvalue weighted by Crippen LogP contribution is 2.29. The van der Waals surface area contributed by atoms with Gasteiger partial charge in [0.1, 0.15) is 0 Å². The summed E-state index contributed by atoms with van der Waals surface area (Å²) < 4.78 is 26.4. The Morgan fingerprint density at radius 1 is 1.00 bits per heavy atom. The number of nitrogens with zero attached hydrogens (tertiary/aromatic N) is 1. The molecule has 1 aliphatic carbocycles. The van der Waals surface area contributed by atoms with Crippen molar-refractivity contribution in [2.45, 2.75) is 38.1 Å². The van der Waals surface area contributed by atoms with E-state index in [1.54, 1.807) is 0 Å². The third-order valence-electron chi connectivity index (χ3n) is 5.61. The summed E-state index contributed by atoms with van der Waals surface area (Å²) in [4.78, 5) is 16.7. The molecule has 1 saturated carbocycles. The van der Waals surface area contributed by atoms with Crippen LogP contribution in [-0.2, 0) is 6.42 Å². The van der Waals surface area contributed by atoms with E-state index in [-0.39, 0.29) is 17.5 Å². The van der Waals surface area contributed by atoms with Gasteiger partial charge in [0.15, 0.2) is 11.6 Å². The van der Waals surface area contributed by atoms with Crippen molar-refractivity contribution in [2.75, 3.05) is 0 Å². The molecule has 0 unspecified atom stereocenters. The summed E-state index contributed by atoms with van der Waals surface area (Å²) in [5.74, 6) is -1.72. The number of benzene rings is 2. The Labute approximate surface area is 162 Å². The maximum atomic E-state index is 13.3. The minimum Gasteiger partial charge on any atom is -0.349 e. The Morgan fingerprint density at radius 3 is 2.57 bits per heavy atom. The fraction of sp³-hybridized carbons (Fsp3) is 0.304. The molecule has 1 N–H and O–H groups in total. The van der Waals surface area contributed by atoms with Gasteiger partial charge >= 0.3 is 0 Å². The van der Waals surface area contributed by atoms with E-state index >= 15 is 0 Å². The summed E-state index contributed by atoms with van der Waals surface area (Å²) in [6.07, 6.45) is 6.71. The van der Waals surface area contributed by atoms with Crippen LogP contribution in [0.25, 0.3) is 10.9 Å². The monoisotopic (exact) mass is 380 g/mol. The van der Waals surface area contributed by atoms with Crippen LogP contribution in [0.5, 0.6) is 0 Å². The number of aromatic nitrogens is 1. The molecule has 0 bridgehead atoms. The van der Waals surface area contributed by atoms with Gasteiger partial charge in [-0.3, -0.25) is 9.78 Å². The Morgan fingerprint density at radius 2 is 1.79 bits per heavy atom. The molecule has 144 valence electrons. The molecule has 5 heteroatoms. The lowest BCUT2D eigenvalue weighted by atomic mass is 9.82. The van der Waals surface area contributed by atoms with Gasteiger partial charge in [-0.15, -0.1) is 0 Å². The topological polar surface area (TPSA) is 42.0 Å². The summed E-state index contributed by atoms with van der Waals surface area (Å²) in [5, 5.41) is 4.17. The molecule has 1 heterocycles. The highest BCUT2D eigenvalue weighted by molar-refractivity contribution is 5.94. The maximum absolute atomic E-state index is 13.3. The SMILES string of the molecule is O=C(NC1CCC(Cc2ccnc3ccccc23)CC1)c1ccc(F)c(F)c1. The molecule has 1 fully saturated rings. The second-order valence-electron chi connectivity index (χ2n) is 7.51. The van der Waals surface area contributed by atoms with Crippen LogP contribution in [0.2, 0.25) is 0 Å². The molecule has 1 aromatic heterocycles. The van der Waals surface area contributed by atoms with E-state index in [9.17, 15) is 13.6 Å². The molecule has 4 rings (SSSR count). The molecule has 0 aliphatic heterocycles. The van der Waals surface area contributed by atoms with Gasteiger partial charge in [0.25, 0.3) is 5.91 Å². The van der Waals surface area contributed by atoms with Gasteiger partial charge in [-0.25, -0.2) is 8.78 Å². The zero-order chi connectivity index (χ0) is 19.5. The number of amides is 1. The van der Waals surface area contributed by atoms with E-state index in [0.29, 0.717) is 5.92 Å². The van der Waals surface area contributed by atoms with Gasteiger partial charge in [-0.2, -0.15) is 0 Å². The van der Waals surface area contributed by atoms with Crippen LogP contribution >= 0.6 is 0 Å². The zero-order valence-corrected chi connectivity index (χ0v) is 15.5. The van der Waals surface area contributed by atoms with Crippen molar-refractivity contribution in [1.82, 2.24) is 10.3 Å². The standard InChI is InChI=1S/C23H22F2N2O/c24-20-10-7-17(14-21(20)25)23(28)27-18-8-5-15(6-9-18)13-16-11-12-26-22-4-2-1-3-19(16)22/h1-4,7,10-12,14-15,18H,5-6,8-9,13H2,(H,27,28). The van der Waals surface area contributed by atoms with Gasteiger partial charge in [0, 0.05) is 23.2 Å². The number of nitrogens with one attached hydrogen (secondary N) is 1. The number of fused-ring (bicyclic) bond motifs is 1. The summed E-state index contributed by atoms with van der Waals surface area (Å²) in [6, 6.07) is 13.6. The van der Waals surface area contributed by atoms with Crippen molar-refractivity contribution >= 4 is 16.8 Å². The largest absolute Gasteiger partial charge is 0.349 e. The lowest BCUT2D eigenvalue weighted by molar-refractivity contribution is 0.0921.